The lowest BCUT2D eigenvalue weighted by Crippen LogP contribution is -2.35. The van der Waals surface area contributed by atoms with E-state index in [1.165, 1.54) is 12.3 Å². The van der Waals surface area contributed by atoms with E-state index in [2.05, 4.69) is 29.0 Å². The zero-order valence-corrected chi connectivity index (χ0v) is 10.9. The molecule has 18 heavy (non-hydrogen) atoms. The van der Waals surface area contributed by atoms with Gasteiger partial charge in [-0.1, -0.05) is 13.8 Å². The summed E-state index contributed by atoms with van der Waals surface area (Å²) < 4.78 is 13.3. The molecule has 0 saturated heterocycles. The Bertz CT molecular complexity index is 384. The summed E-state index contributed by atoms with van der Waals surface area (Å²) in [7, 11) is 0. The van der Waals surface area contributed by atoms with Gasteiger partial charge in [-0.05, 0) is 25.6 Å². The van der Waals surface area contributed by atoms with E-state index in [0.29, 0.717) is 6.54 Å². The molecule has 1 heterocycles. The number of carbonyl (C=O) groups excluding carboxylic acids is 1. The lowest BCUT2D eigenvalue weighted by molar-refractivity contribution is 0.0944. The molecule has 0 aromatic carbocycles. The average Bonchev–Trinajstić information content (AvgIpc) is 2.38. The molecule has 0 spiro atoms. The van der Waals surface area contributed by atoms with Crippen molar-refractivity contribution in [3.63, 3.8) is 0 Å². The summed E-state index contributed by atoms with van der Waals surface area (Å²) in [5.74, 6) is -0.974. The predicted molar refractivity (Wildman–Crippen MR) is 68.9 cm³/mol. The monoisotopic (exact) mass is 253 g/mol. The largest absolute Gasteiger partial charge is 0.351 e. The molecule has 0 unspecified atom stereocenters. The third-order valence-electron chi connectivity index (χ3n) is 2.72. The smallest absolute Gasteiger partial charge is 0.254 e. The molecule has 100 valence electrons. The molecular formula is C13H20FN3O. The molecule has 1 amide bonds. The number of nitrogens with zero attached hydrogens (tertiary/aromatic N) is 2. The number of rotatable bonds is 7. The Labute approximate surface area is 107 Å². The van der Waals surface area contributed by atoms with E-state index in [-0.39, 0.29) is 11.5 Å². The van der Waals surface area contributed by atoms with Crippen LogP contribution in [0.25, 0.3) is 0 Å². The molecule has 0 saturated carbocycles. The summed E-state index contributed by atoms with van der Waals surface area (Å²) in [6, 6.07) is 1.38. The van der Waals surface area contributed by atoms with Crippen molar-refractivity contribution >= 4 is 5.91 Å². The lowest BCUT2D eigenvalue weighted by Gasteiger charge is -2.19. The molecule has 0 atom stereocenters. The fraction of sp³-hybridized carbons (Fsp3) is 0.538. The standard InChI is InChI=1S/C13H20FN3O/c1-3-8-17(4-2)9-7-16-13(18)11-5-6-15-10-12(11)14/h5-6,10H,3-4,7-9H2,1-2H3,(H,16,18). The summed E-state index contributed by atoms with van der Waals surface area (Å²) in [6.07, 6.45) is 3.54. The maximum Gasteiger partial charge on any atom is 0.254 e. The molecular weight excluding hydrogens is 233 g/mol. The third kappa shape index (κ3) is 4.41. The number of halogens is 1. The van der Waals surface area contributed by atoms with Crippen LogP contribution < -0.4 is 5.32 Å². The number of aromatic nitrogens is 1. The van der Waals surface area contributed by atoms with E-state index in [4.69, 9.17) is 0 Å². The number of pyridine rings is 1. The molecule has 1 rings (SSSR count). The van der Waals surface area contributed by atoms with Gasteiger partial charge in [-0.3, -0.25) is 9.78 Å². The summed E-state index contributed by atoms with van der Waals surface area (Å²) in [5, 5.41) is 2.71. The van der Waals surface area contributed by atoms with Gasteiger partial charge in [0.05, 0.1) is 11.8 Å². The van der Waals surface area contributed by atoms with Crippen molar-refractivity contribution in [2.24, 2.45) is 0 Å². The second kappa shape index (κ2) is 7.76. The second-order valence-corrected chi connectivity index (χ2v) is 4.05. The van der Waals surface area contributed by atoms with Crippen LogP contribution in [0, 0.1) is 5.82 Å². The number of likely N-dealkylation sites (N-methyl/N-ethyl adjacent to an activating group) is 1. The van der Waals surface area contributed by atoms with Crippen LogP contribution in [-0.2, 0) is 0 Å². The minimum atomic E-state index is -0.587. The summed E-state index contributed by atoms with van der Waals surface area (Å²) in [4.78, 5) is 17.5. The predicted octanol–water partition coefficient (Wildman–Crippen LogP) is 1.68. The van der Waals surface area contributed by atoms with Crippen molar-refractivity contribution in [2.75, 3.05) is 26.2 Å². The molecule has 1 aromatic rings. The fourth-order valence-corrected chi connectivity index (χ4v) is 1.73. The van der Waals surface area contributed by atoms with Crippen LogP contribution >= 0.6 is 0 Å². The van der Waals surface area contributed by atoms with Crippen LogP contribution in [0.1, 0.15) is 30.6 Å². The first-order valence-electron chi connectivity index (χ1n) is 6.29. The molecule has 0 fully saturated rings. The van der Waals surface area contributed by atoms with Crippen molar-refractivity contribution in [1.29, 1.82) is 0 Å². The van der Waals surface area contributed by atoms with Crippen LogP contribution in [0.4, 0.5) is 4.39 Å². The number of amides is 1. The van der Waals surface area contributed by atoms with E-state index in [9.17, 15) is 9.18 Å². The topological polar surface area (TPSA) is 45.2 Å². The SMILES string of the molecule is CCCN(CC)CCNC(=O)c1ccncc1F. The highest BCUT2D eigenvalue weighted by Crippen LogP contribution is 2.03. The van der Waals surface area contributed by atoms with E-state index in [0.717, 1.165) is 32.3 Å². The van der Waals surface area contributed by atoms with Crippen molar-refractivity contribution in [3.8, 4) is 0 Å². The lowest BCUT2D eigenvalue weighted by atomic mass is 10.2. The number of hydrogen-bond acceptors (Lipinski definition) is 3. The first-order chi connectivity index (χ1) is 8.69. The van der Waals surface area contributed by atoms with Crippen molar-refractivity contribution in [3.05, 3.63) is 29.8 Å². The van der Waals surface area contributed by atoms with Crippen LogP contribution in [0.2, 0.25) is 0 Å². The summed E-state index contributed by atoms with van der Waals surface area (Å²) in [6.45, 7) is 7.47. The van der Waals surface area contributed by atoms with Gasteiger partial charge in [0.15, 0.2) is 5.82 Å². The van der Waals surface area contributed by atoms with E-state index >= 15 is 0 Å². The summed E-state index contributed by atoms with van der Waals surface area (Å²) in [5.41, 5.74) is 0.0449. The molecule has 0 aliphatic carbocycles. The molecule has 0 aliphatic rings. The molecule has 0 radical (unpaired) electrons. The van der Waals surface area contributed by atoms with Crippen LogP contribution in [0.3, 0.4) is 0 Å². The number of nitrogens with one attached hydrogen (secondary N) is 1. The van der Waals surface area contributed by atoms with Gasteiger partial charge in [-0.25, -0.2) is 4.39 Å². The zero-order chi connectivity index (χ0) is 13.4. The molecule has 4 nitrogen and oxygen atoms in total. The Hall–Kier alpha value is -1.49. The molecule has 1 aromatic heterocycles. The van der Waals surface area contributed by atoms with E-state index in [1.54, 1.807) is 0 Å². The van der Waals surface area contributed by atoms with Crippen molar-refractivity contribution in [2.45, 2.75) is 20.3 Å². The molecule has 5 heteroatoms. The zero-order valence-electron chi connectivity index (χ0n) is 10.9. The van der Waals surface area contributed by atoms with Gasteiger partial charge < -0.3 is 10.2 Å². The Morgan fingerprint density at radius 2 is 2.22 bits per heavy atom. The van der Waals surface area contributed by atoms with Gasteiger partial charge in [-0.15, -0.1) is 0 Å². The summed E-state index contributed by atoms with van der Waals surface area (Å²) >= 11 is 0. The number of hydrogen-bond donors (Lipinski definition) is 1. The van der Waals surface area contributed by atoms with Crippen LogP contribution in [-0.4, -0.2) is 42.0 Å². The first kappa shape index (κ1) is 14.6. The van der Waals surface area contributed by atoms with Crippen LogP contribution in [0.15, 0.2) is 18.5 Å². The second-order valence-electron chi connectivity index (χ2n) is 4.05. The first-order valence-corrected chi connectivity index (χ1v) is 6.29. The Morgan fingerprint density at radius 1 is 1.44 bits per heavy atom. The fourth-order valence-electron chi connectivity index (χ4n) is 1.73. The molecule has 0 bridgehead atoms. The molecule has 0 aliphatic heterocycles. The highest BCUT2D eigenvalue weighted by Gasteiger charge is 2.10. The van der Waals surface area contributed by atoms with E-state index < -0.39 is 5.82 Å². The van der Waals surface area contributed by atoms with Gasteiger partial charge >= 0.3 is 0 Å². The molecule has 1 N–H and O–H groups in total. The van der Waals surface area contributed by atoms with Gasteiger partial charge in [0.2, 0.25) is 0 Å². The average molecular weight is 253 g/mol. The minimum absolute atomic E-state index is 0.0449. The quantitative estimate of drug-likeness (QED) is 0.804. The van der Waals surface area contributed by atoms with Gasteiger partial charge in [0, 0.05) is 19.3 Å². The van der Waals surface area contributed by atoms with Gasteiger partial charge in [0.25, 0.3) is 5.91 Å². The normalized spacial score (nSPS) is 10.7. The van der Waals surface area contributed by atoms with Crippen LogP contribution in [0.5, 0.6) is 0 Å². The van der Waals surface area contributed by atoms with Gasteiger partial charge in [-0.2, -0.15) is 0 Å². The maximum absolute atomic E-state index is 13.3. The van der Waals surface area contributed by atoms with Crippen molar-refractivity contribution in [1.82, 2.24) is 15.2 Å². The highest BCUT2D eigenvalue weighted by atomic mass is 19.1. The number of carbonyl (C=O) groups is 1. The van der Waals surface area contributed by atoms with Gasteiger partial charge in [0.1, 0.15) is 0 Å². The third-order valence-corrected chi connectivity index (χ3v) is 2.72. The Morgan fingerprint density at radius 3 is 2.83 bits per heavy atom. The van der Waals surface area contributed by atoms with Crippen molar-refractivity contribution < 1.29 is 9.18 Å². The Balaban J connectivity index is 2.40. The minimum Gasteiger partial charge on any atom is -0.351 e. The highest BCUT2D eigenvalue weighted by molar-refractivity contribution is 5.94. The Kier molecular flexibility index (Phi) is 6.28. The van der Waals surface area contributed by atoms with E-state index in [1.807, 2.05) is 0 Å². The maximum atomic E-state index is 13.3.